The number of aryl methyl sites for hydroxylation is 2. The lowest BCUT2D eigenvalue weighted by molar-refractivity contribution is -0.633. The molecule has 11 rings (SSSR count). The Balaban J connectivity index is 1.14. The molecule has 0 radical (unpaired) electrons. The average Bonchev–Trinajstić information content (AvgIpc) is 3.79. The van der Waals surface area contributed by atoms with Gasteiger partial charge in [-0.25, -0.2) is 4.57 Å². The number of furan rings is 1. The van der Waals surface area contributed by atoms with E-state index in [1.54, 1.807) is 0 Å². The predicted octanol–water partition coefficient (Wildman–Crippen LogP) is 13.6. The third kappa shape index (κ3) is 6.31. The lowest BCUT2D eigenvalue weighted by atomic mass is 9.34. The Kier molecular flexibility index (Phi) is 9.18. The van der Waals surface area contributed by atoms with Gasteiger partial charge < -0.3 is 13.9 Å². The highest BCUT2D eigenvalue weighted by molar-refractivity contribution is 6.98. The number of hydrogen-bond donors (Lipinski definition) is 0. The minimum Gasteiger partial charge on any atom is -0.458 e. The van der Waals surface area contributed by atoms with E-state index in [0.29, 0.717) is 11.8 Å². The molecule has 0 fully saturated rings. The van der Waals surface area contributed by atoms with Crippen molar-refractivity contribution in [3.05, 3.63) is 149 Å². The van der Waals surface area contributed by atoms with Gasteiger partial charge in [0.25, 0.3) is 12.5 Å². The number of benzene rings is 7. The molecule has 4 heterocycles. The molecule has 0 spiro atoms. The van der Waals surface area contributed by atoms with Crippen LogP contribution in [-0.4, -0.2) is 11.3 Å². The zero-order valence-electron chi connectivity index (χ0n) is 39.9. The van der Waals surface area contributed by atoms with Gasteiger partial charge in [-0.3, -0.25) is 0 Å². The van der Waals surface area contributed by atoms with Gasteiger partial charge in [0.15, 0.2) is 16.6 Å². The van der Waals surface area contributed by atoms with Crippen molar-refractivity contribution in [1.82, 2.24) is 4.57 Å². The zero-order chi connectivity index (χ0) is 45.4. The van der Waals surface area contributed by atoms with Gasteiger partial charge in [-0.2, -0.15) is 4.57 Å². The maximum absolute atomic E-state index is 7.35. The number of rotatable bonds is 5. The van der Waals surface area contributed by atoms with Crippen LogP contribution in [0, 0.1) is 6.92 Å². The SMILES string of the molecule is Cc1ccc2c(oc3c(-c4cc5c6c(c4)Oc4ccc(C(C)(C)C)cc4B6c4cc(C(C)(C)C)ccc4O5)cccc32)c1-c1n(-c2c(C(C)C)cccc2C(C)C)c2ccccc2[n+]1C. The van der Waals surface area contributed by atoms with Gasteiger partial charge in [-0.1, -0.05) is 154 Å². The van der Waals surface area contributed by atoms with Crippen LogP contribution in [0.15, 0.2) is 126 Å². The summed E-state index contributed by atoms with van der Waals surface area (Å²) in [6.07, 6.45) is 0. The maximum atomic E-state index is 7.35. The molecule has 2 aliphatic rings. The van der Waals surface area contributed by atoms with Crippen LogP contribution in [0.1, 0.15) is 109 Å². The van der Waals surface area contributed by atoms with Gasteiger partial charge in [0.05, 0.1) is 7.05 Å². The number of imidazole rings is 1. The third-order valence-electron chi connectivity index (χ3n) is 14.2. The Labute approximate surface area is 383 Å². The molecule has 324 valence electrons. The normalized spacial score (nSPS) is 13.4. The summed E-state index contributed by atoms with van der Waals surface area (Å²) in [4.78, 5) is 0. The van der Waals surface area contributed by atoms with Crippen molar-refractivity contribution in [1.29, 1.82) is 0 Å². The fraction of sp³-hybridized carbons (Fsp3) is 0.271. The summed E-state index contributed by atoms with van der Waals surface area (Å²) in [5, 5.41) is 2.15. The van der Waals surface area contributed by atoms with Crippen LogP contribution < -0.4 is 30.4 Å². The highest BCUT2D eigenvalue weighted by atomic mass is 16.5. The summed E-state index contributed by atoms with van der Waals surface area (Å²) in [5.74, 6) is 5.14. The van der Waals surface area contributed by atoms with Crippen molar-refractivity contribution in [2.45, 2.75) is 98.8 Å². The quantitative estimate of drug-likeness (QED) is 0.128. The van der Waals surface area contributed by atoms with Gasteiger partial charge in [-0.15, -0.1) is 0 Å². The van der Waals surface area contributed by atoms with E-state index in [4.69, 9.17) is 13.9 Å². The minimum absolute atomic E-state index is 0.0174. The second-order valence-electron chi connectivity index (χ2n) is 21.2. The summed E-state index contributed by atoms with van der Waals surface area (Å²) < 4.78 is 26.1. The molecule has 0 saturated heterocycles. The molecule has 0 unspecified atom stereocenters. The van der Waals surface area contributed by atoms with Gasteiger partial charge in [0.1, 0.15) is 39.8 Å². The smallest absolute Gasteiger partial charge is 0.299 e. The fourth-order valence-electron chi connectivity index (χ4n) is 10.6. The number of ether oxygens (including phenoxy) is 2. The number of aromatic nitrogens is 2. The van der Waals surface area contributed by atoms with Crippen molar-refractivity contribution >= 4 is 56.1 Å². The Morgan fingerprint density at radius 1 is 0.585 bits per heavy atom. The van der Waals surface area contributed by atoms with E-state index in [-0.39, 0.29) is 17.5 Å². The van der Waals surface area contributed by atoms with Crippen LogP contribution in [-0.2, 0) is 17.9 Å². The van der Waals surface area contributed by atoms with Crippen molar-refractivity contribution in [2.24, 2.45) is 7.05 Å². The molecule has 2 aliphatic heterocycles. The molecule has 65 heavy (non-hydrogen) atoms. The minimum atomic E-state index is -0.0387. The summed E-state index contributed by atoms with van der Waals surface area (Å²) >= 11 is 0. The molecule has 0 aliphatic carbocycles. The highest BCUT2D eigenvalue weighted by Crippen LogP contribution is 2.46. The molecule has 0 bridgehead atoms. The third-order valence-corrected chi connectivity index (χ3v) is 14.2. The molecular formula is C59H58BN2O3+. The van der Waals surface area contributed by atoms with Crippen LogP contribution in [0.4, 0.5) is 0 Å². The first-order valence-corrected chi connectivity index (χ1v) is 23.4. The van der Waals surface area contributed by atoms with E-state index in [1.807, 2.05) is 0 Å². The monoisotopic (exact) mass is 853 g/mol. The number of nitrogens with zero attached hydrogens (tertiary/aromatic N) is 2. The van der Waals surface area contributed by atoms with Crippen molar-refractivity contribution in [3.63, 3.8) is 0 Å². The van der Waals surface area contributed by atoms with Gasteiger partial charge >= 0.3 is 0 Å². The second-order valence-corrected chi connectivity index (χ2v) is 21.2. The molecule has 2 aromatic heterocycles. The number of fused-ring (bicyclic) bond motifs is 8. The first kappa shape index (κ1) is 41.2. The van der Waals surface area contributed by atoms with Gasteiger partial charge in [-0.05, 0) is 99.2 Å². The number of hydrogen-bond acceptors (Lipinski definition) is 3. The Morgan fingerprint density at radius 2 is 1.15 bits per heavy atom. The second kappa shape index (κ2) is 14.5. The first-order chi connectivity index (χ1) is 31.0. The van der Waals surface area contributed by atoms with Gasteiger partial charge in [0, 0.05) is 32.9 Å². The van der Waals surface area contributed by atoms with Crippen LogP contribution in [0.25, 0.3) is 61.2 Å². The van der Waals surface area contributed by atoms with E-state index in [9.17, 15) is 0 Å². The average molecular weight is 854 g/mol. The summed E-state index contributed by atoms with van der Waals surface area (Å²) in [5.41, 5.74) is 18.1. The molecule has 5 nitrogen and oxygen atoms in total. The molecule has 0 atom stereocenters. The molecule has 0 saturated carbocycles. The molecule has 7 aromatic carbocycles. The molecular weight excluding hydrogens is 795 g/mol. The fourth-order valence-corrected chi connectivity index (χ4v) is 10.6. The Morgan fingerprint density at radius 3 is 1.74 bits per heavy atom. The molecule has 0 amide bonds. The molecule has 9 aromatic rings. The Hall–Kier alpha value is -6.53. The van der Waals surface area contributed by atoms with Crippen molar-refractivity contribution in [2.75, 3.05) is 0 Å². The summed E-state index contributed by atoms with van der Waals surface area (Å²) in [6.45, 7) is 25.0. The number of para-hydroxylation sites is 4. The summed E-state index contributed by atoms with van der Waals surface area (Å²) in [6, 6.07) is 44.5. The van der Waals surface area contributed by atoms with E-state index in [2.05, 4.69) is 214 Å². The maximum Gasteiger partial charge on any atom is 0.299 e. The van der Waals surface area contributed by atoms with E-state index in [1.165, 1.54) is 44.4 Å². The van der Waals surface area contributed by atoms with Crippen molar-refractivity contribution < 1.29 is 18.5 Å². The van der Waals surface area contributed by atoms with Crippen LogP contribution in [0.2, 0.25) is 0 Å². The predicted molar refractivity (Wildman–Crippen MR) is 271 cm³/mol. The standard InChI is InChI=1S/C59H58BN2O3/c1-33(2)39-17-15-18-40(34(3)4)54(39)62-47-22-14-13-21-46(47)61(12)57(62)52-35(5)23-26-43-42-20-16-19-41(55(42)65-56(43)52)36-29-50-53-51(30-36)64-49-28-25-38(59(9,10)11)32-45(49)60(53)44-31-37(58(6,7)8)24-27-48(44)63-50/h13-34H,1-12H3/q+1. The largest absolute Gasteiger partial charge is 0.458 e. The van der Waals surface area contributed by atoms with Crippen LogP contribution in [0.3, 0.4) is 0 Å². The van der Waals surface area contributed by atoms with Crippen molar-refractivity contribution in [3.8, 4) is 51.2 Å². The van der Waals surface area contributed by atoms with E-state index in [0.717, 1.165) is 84.0 Å². The topological polar surface area (TPSA) is 40.4 Å². The van der Waals surface area contributed by atoms with E-state index < -0.39 is 0 Å². The molecule has 0 N–H and O–H groups in total. The zero-order valence-corrected chi connectivity index (χ0v) is 39.9. The lowest BCUT2D eigenvalue weighted by Gasteiger charge is -2.35. The lowest BCUT2D eigenvalue weighted by Crippen LogP contribution is -2.57. The first-order valence-electron chi connectivity index (χ1n) is 23.4. The molecule has 6 heteroatoms. The van der Waals surface area contributed by atoms with E-state index >= 15 is 0 Å². The summed E-state index contributed by atoms with van der Waals surface area (Å²) in [7, 11) is 2.20. The van der Waals surface area contributed by atoms with Crippen LogP contribution >= 0.6 is 0 Å². The van der Waals surface area contributed by atoms with Crippen LogP contribution in [0.5, 0.6) is 23.0 Å². The Bertz CT molecular complexity index is 3330. The van der Waals surface area contributed by atoms with Gasteiger partial charge in [0.2, 0.25) is 0 Å². The highest BCUT2D eigenvalue weighted by Gasteiger charge is 2.42.